The van der Waals surface area contributed by atoms with Crippen molar-refractivity contribution in [1.29, 1.82) is 0 Å². The lowest BCUT2D eigenvalue weighted by Gasteiger charge is -2.16. The maximum atomic E-state index is 10.9. The topological polar surface area (TPSA) is 55.9 Å². The summed E-state index contributed by atoms with van der Waals surface area (Å²) in [6.07, 6.45) is 1.78. The quantitative estimate of drug-likeness (QED) is 0.868. The van der Waals surface area contributed by atoms with Crippen LogP contribution in [-0.4, -0.2) is 24.7 Å². The smallest absolute Gasteiger partial charge is 0.133 e. The summed E-state index contributed by atoms with van der Waals surface area (Å²) >= 11 is 9.81. The Bertz CT molecular complexity index is 635. The van der Waals surface area contributed by atoms with Gasteiger partial charge in [-0.1, -0.05) is 32.4 Å². The monoisotopic (exact) mass is 374 g/mol. The second-order valence-corrected chi connectivity index (χ2v) is 6.58. The molecule has 0 amide bonds. The van der Waals surface area contributed by atoms with E-state index in [1.54, 1.807) is 17.9 Å². The fourth-order valence-corrected chi connectivity index (χ4v) is 3.14. The van der Waals surface area contributed by atoms with Crippen LogP contribution in [0, 0.1) is 0 Å². The Morgan fingerprint density at radius 1 is 1.43 bits per heavy atom. The van der Waals surface area contributed by atoms with Crippen LogP contribution >= 0.6 is 27.5 Å². The molecule has 116 valence electrons. The molecule has 1 unspecified atom stereocenters. The number of hydrogen-bond acceptors (Lipinski definition) is 3. The standard InChI is InChI=1S/C14H20BrClN4O/c1-5-6-20-12(9(15)7-17-20)13(21)10-11(8(2)3)18-19(4)14(10)16/h7-8,13,21H,5-6H2,1-4H3. The van der Waals surface area contributed by atoms with Crippen molar-refractivity contribution in [2.45, 2.75) is 45.8 Å². The third kappa shape index (κ3) is 3.03. The molecular weight excluding hydrogens is 356 g/mol. The number of halogens is 2. The molecule has 2 rings (SSSR count). The van der Waals surface area contributed by atoms with Crippen molar-refractivity contribution < 1.29 is 5.11 Å². The zero-order chi connectivity index (χ0) is 15.7. The second kappa shape index (κ2) is 6.50. The van der Waals surface area contributed by atoms with Gasteiger partial charge in [0.2, 0.25) is 0 Å². The van der Waals surface area contributed by atoms with Crippen molar-refractivity contribution in [2.75, 3.05) is 0 Å². The van der Waals surface area contributed by atoms with Crippen LogP contribution in [0.4, 0.5) is 0 Å². The Kier molecular flexibility index (Phi) is 5.11. The number of aryl methyl sites for hydroxylation is 2. The van der Waals surface area contributed by atoms with Crippen LogP contribution < -0.4 is 0 Å². The second-order valence-electron chi connectivity index (χ2n) is 5.37. The highest BCUT2D eigenvalue weighted by molar-refractivity contribution is 9.10. The van der Waals surface area contributed by atoms with Crippen LogP contribution in [0.5, 0.6) is 0 Å². The van der Waals surface area contributed by atoms with Crippen LogP contribution in [0.15, 0.2) is 10.7 Å². The van der Waals surface area contributed by atoms with Gasteiger partial charge in [-0.15, -0.1) is 0 Å². The van der Waals surface area contributed by atoms with E-state index in [0.29, 0.717) is 16.4 Å². The number of nitrogens with zero attached hydrogens (tertiary/aromatic N) is 4. The summed E-state index contributed by atoms with van der Waals surface area (Å²) in [5.74, 6) is 0.176. The Morgan fingerprint density at radius 3 is 2.67 bits per heavy atom. The van der Waals surface area contributed by atoms with E-state index < -0.39 is 6.10 Å². The van der Waals surface area contributed by atoms with Crippen molar-refractivity contribution in [2.24, 2.45) is 7.05 Å². The van der Waals surface area contributed by atoms with Gasteiger partial charge in [0.25, 0.3) is 0 Å². The van der Waals surface area contributed by atoms with Gasteiger partial charge in [-0.05, 0) is 28.3 Å². The van der Waals surface area contributed by atoms with E-state index in [2.05, 4.69) is 33.1 Å². The lowest BCUT2D eigenvalue weighted by molar-refractivity contribution is 0.205. The first-order valence-corrected chi connectivity index (χ1v) is 8.17. The maximum Gasteiger partial charge on any atom is 0.133 e. The molecule has 21 heavy (non-hydrogen) atoms. The highest BCUT2D eigenvalue weighted by Gasteiger charge is 2.28. The van der Waals surface area contributed by atoms with Gasteiger partial charge >= 0.3 is 0 Å². The molecule has 1 atom stereocenters. The number of aliphatic hydroxyl groups excluding tert-OH is 1. The summed E-state index contributed by atoms with van der Waals surface area (Å²) in [6.45, 7) is 6.88. The van der Waals surface area contributed by atoms with Crippen molar-refractivity contribution in [3.8, 4) is 0 Å². The predicted molar refractivity (Wildman–Crippen MR) is 86.6 cm³/mol. The van der Waals surface area contributed by atoms with E-state index in [1.165, 1.54) is 0 Å². The summed E-state index contributed by atoms with van der Waals surface area (Å²) < 4.78 is 4.18. The number of aliphatic hydroxyl groups is 1. The molecule has 0 aliphatic carbocycles. The molecule has 0 bridgehead atoms. The Morgan fingerprint density at radius 2 is 2.10 bits per heavy atom. The molecule has 0 aliphatic rings. The number of aromatic nitrogens is 4. The van der Waals surface area contributed by atoms with Crippen molar-refractivity contribution in [3.63, 3.8) is 0 Å². The zero-order valence-corrected chi connectivity index (χ0v) is 15.0. The first-order valence-electron chi connectivity index (χ1n) is 7.00. The molecule has 7 heteroatoms. The van der Waals surface area contributed by atoms with Crippen LogP contribution in [0.3, 0.4) is 0 Å². The third-order valence-electron chi connectivity index (χ3n) is 3.39. The van der Waals surface area contributed by atoms with E-state index in [9.17, 15) is 5.11 Å². The lowest BCUT2D eigenvalue weighted by atomic mass is 10.0. The minimum absolute atomic E-state index is 0.176. The van der Waals surface area contributed by atoms with Crippen LogP contribution in [-0.2, 0) is 13.6 Å². The predicted octanol–water partition coefficient (Wildman–Crippen LogP) is 3.65. The molecule has 0 saturated heterocycles. The fraction of sp³-hybridized carbons (Fsp3) is 0.571. The van der Waals surface area contributed by atoms with Crippen LogP contribution in [0.25, 0.3) is 0 Å². The molecular formula is C14H20BrClN4O. The third-order valence-corrected chi connectivity index (χ3v) is 4.45. The summed E-state index contributed by atoms with van der Waals surface area (Å²) in [5.41, 5.74) is 2.19. The van der Waals surface area contributed by atoms with Crippen molar-refractivity contribution in [1.82, 2.24) is 19.6 Å². The molecule has 2 aromatic rings. The molecule has 0 fully saturated rings. The molecule has 2 aromatic heterocycles. The minimum Gasteiger partial charge on any atom is -0.382 e. The first-order chi connectivity index (χ1) is 9.88. The van der Waals surface area contributed by atoms with E-state index in [4.69, 9.17) is 11.6 Å². The van der Waals surface area contributed by atoms with Crippen molar-refractivity contribution >= 4 is 27.5 Å². The van der Waals surface area contributed by atoms with Gasteiger partial charge in [-0.3, -0.25) is 9.36 Å². The van der Waals surface area contributed by atoms with Gasteiger partial charge in [0.1, 0.15) is 11.3 Å². The van der Waals surface area contributed by atoms with E-state index in [0.717, 1.165) is 23.1 Å². The zero-order valence-electron chi connectivity index (χ0n) is 12.6. The van der Waals surface area contributed by atoms with Gasteiger partial charge in [-0.2, -0.15) is 10.2 Å². The van der Waals surface area contributed by atoms with Crippen molar-refractivity contribution in [3.05, 3.63) is 32.8 Å². The highest BCUT2D eigenvalue weighted by Crippen LogP contribution is 2.36. The van der Waals surface area contributed by atoms with E-state index in [-0.39, 0.29) is 5.92 Å². The van der Waals surface area contributed by atoms with Gasteiger partial charge < -0.3 is 5.11 Å². The Balaban J connectivity index is 2.55. The Labute approximate surface area is 138 Å². The SMILES string of the molecule is CCCn1ncc(Br)c1C(O)c1c(C(C)C)nn(C)c1Cl. The van der Waals surface area contributed by atoms with Gasteiger partial charge in [0.15, 0.2) is 0 Å². The average Bonchev–Trinajstić information content (AvgIpc) is 2.92. The van der Waals surface area contributed by atoms with Gasteiger partial charge in [0.05, 0.1) is 22.1 Å². The van der Waals surface area contributed by atoms with Crippen LogP contribution in [0.1, 0.15) is 56.2 Å². The lowest BCUT2D eigenvalue weighted by Crippen LogP contribution is -2.12. The summed E-state index contributed by atoms with van der Waals surface area (Å²) in [7, 11) is 1.78. The molecule has 0 aromatic carbocycles. The summed E-state index contributed by atoms with van der Waals surface area (Å²) in [4.78, 5) is 0. The Hall–Kier alpha value is -0.850. The normalized spacial score (nSPS) is 13.1. The number of rotatable bonds is 5. The molecule has 1 N–H and O–H groups in total. The summed E-state index contributed by atoms with van der Waals surface area (Å²) in [6, 6.07) is 0. The number of hydrogen-bond donors (Lipinski definition) is 1. The highest BCUT2D eigenvalue weighted by atomic mass is 79.9. The largest absolute Gasteiger partial charge is 0.382 e. The fourth-order valence-electron chi connectivity index (χ4n) is 2.39. The average molecular weight is 376 g/mol. The molecule has 2 heterocycles. The van der Waals surface area contributed by atoms with Gasteiger partial charge in [-0.25, -0.2) is 0 Å². The molecule has 0 spiro atoms. The summed E-state index contributed by atoms with van der Waals surface area (Å²) in [5, 5.41) is 20.1. The minimum atomic E-state index is -0.855. The van der Waals surface area contributed by atoms with E-state index in [1.807, 2.05) is 18.5 Å². The molecule has 0 radical (unpaired) electrons. The first kappa shape index (κ1) is 16.5. The molecule has 5 nitrogen and oxygen atoms in total. The van der Waals surface area contributed by atoms with E-state index >= 15 is 0 Å². The van der Waals surface area contributed by atoms with Crippen LogP contribution in [0.2, 0.25) is 5.15 Å². The van der Waals surface area contributed by atoms with Gasteiger partial charge in [0, 0.05) is 19.2 Å². The molecule has 0 aliphatic heterocycles. The maximum absolute atomic E-state index is 10.9. The molecule has 0 saturated carbocycles.